The number of hydrogen-bond acceptors (Lipinski definition) is 2. The maximum atomic E-state index is 11.1. The van der Waals surface area contributed by atoms with E-state index in [4.69, 9.17) is 5.84 Å². The lowest BCUT2D eigenvalue weighted by Crippen LogP contribution is -2.41. The monoisotopic (exact) mass is 199 g/mol. The van der Waals surface area contributed by atoms with E-state index >= 15 is 0 Å². The molecule has 0 radical (unpaired) electrons. The van der Waals surface area contributed by atoms with E-state index < -0.39 is 0 Å². The number of hydrogen-bond donors (Lipinski definition) is 2. The second-order valence-electron chi connectivity index (χ2n) is 4.16. The van der Waals surface area contributed by atoms with Crippen molar-refractivity contribution in [2.75, 3.05) is 13.6 Å². The molecule has 4 nitrogen and oxygen atoms in total. The first-order valence-electron chi connectivity index (χ1n) is 5.45. The summed E-state index contributed by atoms with van der Waals surface area (Å²) < 4.78 is 0. The Balaban J connectivity index is 2.15. The quantitative estimate of drug-likeness (QED) is 0.411. The summed E-state index contributed by atoms with van der Waals surface area (Å²) in [5.41, 5.74) is 2.14. The van der Waals surface area contributed by atoms with Crippen LogP contribution in [0.5, 0.6) is 0 Å². The van der Waals surface area contributed by atoms with Gasteiger partial charge in [0.05, 0.1) is 0 Å². The molecule has 0 aromatic rings. The van der Waals surface area contributed by atoms with E-state index in [0.29, 0.717) is 0 Å². The van der Waals surface area contributed by atoms with E-state index in [2.05, 4.69) is 5.43 Å². The third-order valence-electron chi connectivity index (χ3n) is 3.07. The third-order valence-corrected chi connectivity index (χ3v) is 3.07. The van der Waals surface area contributed by atoms with Gasteiger partial charge in [-0.15, -0.1) is 0 Å². The van der Waals surface area contributed by atoms with Crippen LogP contribution in [0.3, 0.4) is 0 Å². The van der Waals surface area contributed by atoms with E-state index in [1.54, 1.807) is 11.9 Å². The summed E-state index contributed by atoms with van der Waals surface area (Å²) in [5, 5.41) is 0. The second kappa shape index (κ2) is 5.86. The summed E-state index contributed by atoms with van der Waals surface area (Å²) >= 11 is 0. The van der Waals surface area contributed by atoms with E-state index in [0.717, 1.165) is 18.9 Å². The van der Waals surface area contributed by atoms with Gasteiger partial charge in [-0.25, -0.2) is 10.6 Å². The highest BCUT2D eigenvalue weighted by atomic mass is 16.2. The molecule has 1 fully saturated rings. The molecule has 0 bridgehead atoms. The van der Waals surface area contributed by atoms with E-state index in [-0.39, 0.29) is 6.03 Å². The minimum atomic E-state index is -0.194. The van der Waals surface area contributed by atoms with Crippen molar-refractivity contribution in [3.63, 3.8) is 0 Å². The van der Waals surface area contributed by atoms with Gasteiger partial charge in [-0.05, 0) is 12.3 Å². The van der Waals surface area contributed by atoms with Crippen LogP contribution in [-0.2, 0) is 0 Å². The van der Waals surface area contributed by atoms with Gasteiger partial charge in [-0.2, -0.15) is 0 Å². The SMILES string of the molecule is CN(CCC1CCCCC1)C(=O)NN. The topological polar surface area (TPSA) is 58.4 Å². The normalized spacial score (nSPS) is 17.9. The number of nitrogens with two attached hydrogens (primary N) is 1. The molecular formula is C10H21N3O. The first kappa shape index (κ1) is 11.3. The summed E-state index contributed by atoms with van der Waals surface area (Å²) in [5.74, 6) is 5.86. The smallest absolute Gasteiger partial charge is 0.327 e. The fraction of sp³-hybridized carbons (Fsp3) is 0.900. The predicted molar refractivity (Wildman–Crippen MR) is 56.5 cm³/mol. The highest BCUT2D eigenvalue weighted by Gasteiger charge is 2.15. The van der Waals surface area contributed by atoms with Crippen LogP contribution in [0.25, 0.3) is 0 Å². The molecular weight excluding hydrogens is 178 g/mol. The molecule has 0 spiro atoms. The fourth-order valence-corrected chi connectivity index (χ4v) is 2.06. The van der Waals surface area contributed by atoms with Gasteiger partial charge in [-0.3, -0.25) is 5.43 Å². The van der Waals surface area contributed by atoms with Gasteiger partial charge < -0.3 is 4.90 Å². The molecule has 0 atom stereocenters. The number of amides is 2. The van der Waals surface area contributed by atoms with Crippen molar-refractivity contribution in [2.45, 2.75) is 38.5 Å². The highest BCUT2D eigenvalue weighted by Crippen LogP contribution is 2.26. The van der Waals surface area contributed by atoms with Gasteiger partial charge in [0.1, 0.15) is 0 Å². The van der Waals surface area contributed by atoms with Crippen LogP contribution in [0, 0.1) is 5.92 Å². The maximum absolute atomic E-state index is 11.1. The van der Waals surface area contributed by atoms with Crippen molar-refractivity contribution >= 4 is 6.03 Å². The first-order chi connectivity index (χ1) is 6.74. The summed E-state index contributed by atoms with van der Waals surface area (Å²) in [4.78, 5) is 12.7. The number of carbonyl (C=O) groups is 1. The van der Waals surface area contributed by atoms with Crippen LogP contribution in [-0.4, -0.2) is 24.5 Å². The van der Waals surface area contributed by atoms with Crippen LogP contribution in [0.4, 0.5) is 4.79 Å². The zero-order chi connectivity index (χ0) is 10.4. The third kappa shape index (κ3) is 3.54. The second-order valence-corrected chi connectivity index (χ2v) is 4.16. The largest absolute Gasteiger partial charge is 0.331 e. The number of urea groups is 1. The van der Waals surface area contributed by atoms with Crippen molar-refractivity contribution in [3.8, 4) is 0 Å². The van der Waals surface area contributed by atoms with Crippen LogP contribution in [0.1, 0.15) is 38.5 Å². The number of nitrogens with zero attached hydrogens (tertiary/aromatic N) is 1. The molecule has 0 aromatic carbocycles. The van der Waals surface area contributed by atoms with Gasteiger partial charge in [-0.1, -0.05) is 32.1 Å². The summed E-state index contributed by atoms with van der Waals surface area (Å²) in [7, 11) is 1.78. The number of rotatable bonds is 3. The molecule has 1 rings (SSSR count). The molecule has 1 aliphatic carbocycles. The Morgan fingerprint density at radius 3 is 2.64 bits per heavy atom. The Morgan fingerprint density at radius 1 is 1.43 bits per heavy atom. The van der Waals surface area contributed by atoms with Crippen LogP contribution in [0.15, 0.2) is 0 Å². The number of carbonyl (C=O) groups excluding carboxylic acids is 1. The Kier molecular flexibility index (Phi) is 4.73. The van der Waals surface area contributed by atoms with E-state index in [1.165, 1.54) is 32.1 Å². The van der Waals surface area contributed by atoms with Crippen molar-refractivity contribution in [1.82, 2.24) is 10.3 Å². The van der Waals surface area contributed by atoms with Crippen LogP contribution in [0.2, 0.25) is 0 Å². The van der Waals surface area contributed by atoms with Crippen molar-refractivity contribution in [3.05, 3.63) is 0 Å². The minimum Gasteiger partial charge on any atom is -0.327 e. The van der Waals surface area contributed by atoms with Gasteiger partial charge in [0.2, 0.25) is 0 Å². The molecule has 0 aliphatic heterocycles. The molecule has 82 valence electrons. The first-order valence-corrected chi connectivity index (χ1v) is 5.45. The number of hydrazine groups is 1. The van der Waals surface area contributed by atoms with Gasteiger partial charge in [0, 0.05) is 13.6 Å². The molecule has 2 amide bonds. The molecule has 1 saturated carbocycles. The zero-order valence-electron chi connectivity index (χ0n) is 8.96. The predicted octanol–water partition coefficient (Wildman–Crippen LogP) is 1.47. The fourth-order valence-electron chi connectivity index (χ4n) is 2.06. The summed E-state index contributed by atoms with van der Waals surface area (Å²) in [6.07, 6.45) is 7.88. The van der Waals surface area contributed by atoms with Crippen LogP contribution >= 0.6 is 0 Å². The number of nitrogens with one attached hydrogen (secondary N) is 1. The zero-order valence-corrected chi connectivity index (χ0v) is 8.96. The highest BCUT2D eigenvalue weighted by molar-refractivity contribution is 5.72. The molecule has 0 unspecified atom stereocenters. The molecule has 0 heterocycles. The summed E-state index contributed by atoms with van der Waals surface area (Å²) in [6.45, 7) is 0.813. The minimum absolute atomic E-state index is 0.194. The van der Waals surface area contributed by atoms with Crippen LogP contribution < -0.4 is 11.3 Å². The average molecular weight is 199 g/mol. The molecule has 0 saturated heterocycles. The molecule has 0 aromatic heterocycles. The Hall–Kier alpha value is -0.770. The average Bonchev–Trinajstić information content (AvgIpc) is 2.26. The van der Waals surface area contributed by atoms with Crippen molar-refractivity contribution in [2.24, 2.45) is 11.8 Å². The van der Waals surface area contributed by atoms with Gasteiger partial charge in [0.15, 0.2) is 0 Å². The van der Waals surface area contributed by atoms with Gasteiger partial charge >= 0.3 is 6.03 Å². The van der Waals surface area contributed by atoms with Crippen molar-refractivity contribution < 1.29 is 4.79 Å². The standard InChI is InChI=1S/C10H21N3O/c1-13(10(14)12-11)8-7-9-5-3-2-4-6-9/h9H,2-8,11H2,1H3,(H,12,14). The van der Waals surface area contributed by atoms with Gasteiger partial charge in [0.25, 0.3) is 0 Å². The van der Waals surface area contributed by atoms with Crippen molar-refractivity contribution in [1.29, 1.82) is 0 Å². The summed E-state index contributed by atoms with van der Waals surface area (Å²) in [6, 6.07) is -0.194. The lowest BCUT2D eigenvalue weighted by Gasteiger charge is -2.24. The Morgan fingerprint density at radius 2 is 2.07 bits per heavy atom. The molecule has 4 heteroatoms. The Labute approximate surface area is 85.8 Å². The lowest BCUT2D eigenvalue weighted by atomic mass is 9.87. The molecule has 14 heavy (non-hydrogen) atoms. The Bertz CT molecular complexity index is 178. The van der Waals surface area contributed by atoms with E-state index in [9.17, 15) is 4.79 Å². The van der Waals surface area contributed by atoms with E-state index in [1.807, 2.05) is 0 Å². The maximum Gasteiger partial charge on any atom is 0.331 e. The molecule has 1 aliphatic rings. The lowest BCUT2D eigenvalue weighted by molar-refractivity contribution is 0.202. The molecule has 3 N–H and O–H groups in total.